The third kappa shape index (κ3) is 5.97. The first-order valence-corrected chi connectivity index (χ1v) is 11.4. The maximum atomic E-state index is 10.9. The normalized spacial score (nSPS) is 25.9. The number of aliphatic hydroxyl groups is 1. The minimum atomic E-state index is -0.780. The van der Waals surface area contributed by atoms with Gasteiger partial charge in [0.1, 0.15) is 23.7 Å². The van der Waals surface area contributed by atoms with Crippen LogP contribution in [-0.2, 0) is 27.4 Å². The van der Waals surface area contributed by atoms with Gasteiger partial charge in [0.05, 0.1) is 19.3 Å². The van der Waals surface area contributed by atoms with Crippen molar-refractivity contribution in [1.29, 1.82) is 0 Å². The summed E-state index contributed by atoms with van der Waals surface area (Å²) in [4.78, 5) is 1.09. The van der Waals surface area contributed by atoms with Crippen LogP contribution in [0.2, 0.25) is 0 Å². The zero-order valence-corrected chi connectivity index (χ0v) is 18.4. The molecule has 1 fully saturated rings. The number of ether oxygens (including phenoxy) is 3. The smallest absolute Gasteiger partial charge is 0.136 e. The van der Waals surface area contributed by atoms with Gasteiger partial charge in [-0.3, -0.25) is 0 Å². The first kappa shape index (κ1) is 22.1. The highest BCUT2D eigenvalue weighted by atomic mass is 32.2. The molecule has 0 radical (unpaired) electrons. The molecular weight excluding hydrogens is 408 g/mol. The van der Waals surface area contributed by atoms with Crippen LogP contribution >= 0.6 is 11.8 Å². The molecule has 0 bridgehead atoms. The van der Waals surface area contributed by atoms with Crippen molar-refractivity contribution < 1.29 is 19.3 Å². The first-order valence-electron chi connectivity index (χ1n) is 10.6. The van der Waals surface area contributed by atoms with Gasteiger partial charge in [-0.05, 0) is 30.2 Å². The molecule has 1 saturated heterocycles. The molecule has 5 heteroatoms. The van der Waals surface area contributed by atoms with E-state index in [0.717, 1.165) is 16.0 Å². The van der Waals surface area contributed by atoms with E-state index in [9.17, 15) is 5.11 Å². The van der Waals surface area contributed by atoms with Gasteiger partial charge in [-0.25, -0.2) is 0 Å². The molecule has 0 aromatic heterocycles. The lowest BCUT2D eigenvalue weighted by atomic mass is 10.00. The summed E-state index contributed by atoms with van der Waals surface area (Å²) in [7, 11) is 0. The summed E-state index contributed by atoms with van der Waals surface area (Å²) in [6, 6.07) is 30.1. The standard InChI is InChI=1S/C26H28O4S/c1-19-23(27)24(28-17-20-11-5-2-6-12-20)25(29-18-21-13-7-3-8-14-21)26(30-19)31-22-15-9-4-10-16-22/h2-16,19,23-27H,17-18H2,1H3/t19?,23-,24?,25?,26-/m1/s1. The highest BCUT2D eigenvalue weighted by molar-refractivity contribution is 7.99. The highest BCUT2D eigenvalue weighted by Crippen LogP contribution is 2.36. The Hall–Kier alpha value is -2.15. The van der Waals surface area contributed by atoms with Gasteiger partial charge in [-0.15, -0.1) is 0 Å². The van der Waals surface area contributed by atoms with E-state index >= 15 is 0 Å². The zero-order chi connectivity index (χ0) is 21.5. The molecule has 1 aliphatic rings. The molecule has 4 rings (SSSR count). The third-order valence-electron chi connectivity index (χ3n) is 5.32. The van der Waals surface area contributed by atoms with Crippen LogP contribution in [0.1, 0.15) is 18.1 Å². The monoisotopic (exact) mass is 436 g/mol. The molecule has 3 aromatic rings. The van der Waals surface area contributed by atoms with Crippen LogP contribution in [-0.4, -0.2) is 35.0 Å². The molecule has 0 aliphatic carbocycles. The van der Waals surface area contributed by atoms with Crippen LogP contribution in [0.4, 0.5) is 0 Å². The Labute approximate surface area is 188 Å². The maximum absolute atomic E-state index is 10.9. The van der Waals surface area contributed by atoms with E-state index in [1.54, 1.807) is 11.8 Å². The molecule has 1 heterocycles. The summed E-state index contributed by atoms with van der Waals surface area (Å²) in [6.45, 7) is 2.71. The van der Waals surface area contributed by atoms with Crippen molar-refractivity contribution in [2.45, 2.75) is 54.9 Å². The van der Waals surface area contributed by atoms with Crippen LogP contribution < -0.4 is 0 Å². The van der Waals surface area contributed by atoms with Gasteiger partial charge < -0.3 is 19.3 Å². The van der Waals surface area contributed by atoms with Crippen molar-refractivity contribution in [3.05, 3.63) is 102 Å². The van der Waals surface area contributed by atoms with Crippen LogP contribution in [0.3, 0.4) is 0 Å². The summed E-state index contributed by atoms with van der Waals surface area (Å²) in [5.41, 5.74) is 1.83. The maximum Gasteiger partial charge on any atom is 0.136 e. The van der Waals surface area contributed by atoms with Gasteiger partial charge in [-0.1, -0.05) is 90.6 Å². The van der Waals surface area contributed by atoms with Crippen molar-refractivity contribution in [1.82, 2.24) is 0 Å². The fraction of sp³-hybridized carbons (Fsp3) is 0.308. The Kier molecular flexibility index (Phi) is 7.78. The predicted molar refractivity (Wildman–Crippen MR) is 123 cm³/mol. The second-order valence-corrected chi connectivity index (χ2v) is 8.83. The topological polar surface area (TPSA) is 47.9 Å². The van der Waals surface area contributed by atoms with Crippen molar-refractivity contribution in [2.75, 3.05) is 0 Å². The Morgan fingerprint density at radius 1 is 0.742 bits per heavy atom. The SMILES string of the molecule is CC1O[C@H](Sc2ccccc2)C(OCc2ccccc2)C(OCc2ccccc2)[C@@H]1O. The number of rotatable bonds is 8. The average molecular weight is 437 g/mol. The van der Waals surface area contributed by atoms with Crippen molar-refractivity contribution in [2.24, 2.45) is 0 Å². The zero-order valence-electron chi connectivity index (χ0n) is 17.5. The second-order valence-electron chi connectivity index (χ2n) is 7.65. The Bertz CT molecular complexity index is 906. The van der Waals surface area contributed by atoms with E-state index in [1.807, 2.05) is 85.8 Å². The minimum absolute atomic E-state index is 0.301. The van der Waals surface area contributed by atoms with Crippen molar-refractivity contribution in [3.63, 3.8) is 0 Å². The molecule has 1 N–H and O–H groups in total. The lowest BCUT2D eigenvalue weighted by Crippen LogP contribution is -2.57. The number of hydrogen-bond donors (Lipinski definition) is 1. The molecule has 0 saturated carbocycles. The van der Waals surface area contributed by atoms with Crippen LogP contribution in [0.25, 0.3) is 0 Å². The van der Waals surface area contributed by atoms with Gasteiger partial charge in [-0.2, -0.15) is 0 Å². The summed E-state index contributed by atoms with van der Waals surface area (Å²) in [5, 5.41) is 10.9. The Balaban J connectivity index is 1.54. The molecule has 0 spiro atoms. The quantitative estimate of drug-likeness (QED) is 0.535. The molecule has 162 valence electrons. The molecule has 3 unspecified atom stereocenters. The van der Waals surface area contributed by atoms with Crippen LogP contribution in [0, 0.1) is 0 Å². The van der Waals surface area contributed by atoms with Crippen molar-refractivity contribution >= 4 is 11.8 Å². The largest absolute Gasteiger partial charge is 0.388 e. The predicted octanol–water partition coefficient (Wildman–Crippen LogP) is 5.06. The van der Waals surface area contributed by atoms with Gasteiger partial charge in [0.25, 0.3) is 0 Å². The second kappa shape index (κ2) is 10.9. The lowest BCUT2D eigenvalue weighted by Gasteiger charge is -2.43. The van der Waals surface area contributed by atoms with E-state index in [-0.39, 0.29) is 11.5 Å². The van der Waals surface area contributed by atoms with Crippen molar-refractivity contribution in [3.8, 4) is 0 Å². The molecule has 1 aliphatic heterocycles. The highest BCUT2D eigenvalue weighted by Gasteiger charge is 2.45. The van der Waals surface area contributed by atoms with Gasteiger partial charge in [0.15, 0.2) is 0 Å². The number of benzene rings is 3. The van der Waals surface area contributed by atoms with Crippen LogP contribution in [0.15, 0.2) is 95.9 Å². The fourth-order valence-electron chi connectivity index (χ4n) is 3.61. The van der Waals surface area contributed by atoms with E-state index < -0.39 is 18.3 Å². The Morgan fingerprint density at radius 2 is 1.23 bits per heavy atom. The van der Waals surface area contributed by atoms with Crippen LogP contribution in [0.5, 0.6) is 0 Å². The summed E-state index contributed by atoms with van der Waals surface area (Å²) >= 11 is 1.60. The average Bonchev–Trinajstić information content (AvgIpc) is 2.81. The molecule has 5 atom stereocenters. The Morgan fingerprint density at radius 3 is 1.77 bits per heavy atom. The summed E-state index contributed by atoms with van der Waals surface area (Å²) in [6.07, 6.45) is -2.08. The lowest BCUT2D eigenvalue weighted by molar-refractivity contribution is -0.228. The first-order chi connectivity index (χ1) is 15.2. The van der Waals surface area contributed by atoms with E-state index in [1.165, 1.54) is 0 Å². The minimum Gasteiger partial charge on any atom is -0.388 e. The molecule has 0 amide bonds. The number of hydrogen-bond acceptors (Lipinski definition) is 5. The molecule has 31 heavy (non-hydrogen) atoms. The summed E-state index contributed by atoms with van der Waals surface area (Å²) in [5.74, 6) is 0. The molecular formula is C26H28O4S. The fourth-order valence-corrected chi connectivity index (χ4v) is 4.79. The molecule has 4 nitrogen and oxygen atoms in total. The van der Waals surface area contributed by atoms with Gasteiger partial charge in [0, 0.05) is 4.90 Å². The van der Waals surface area contributed by atoms with Gasteiger partial charge >= 0.3 is 0 Å². The molecule has 3 aromatic carbocycles. The third-order valence-corrected chi connectivity index (χ3v) is 6.48. The summed E-state index contributed by atoms with van der Waals surface area (Å²) < 4.78 is 18.8. The number of thioether (sulfide) groups is 1. The van der Waals surface area contributed by atoms with E-state index in [4.69, 9.17) is 14.2 Å². The van der Waals surface area contributed by atoms with E-state index in [0.29, 0.717) is 13.2 Å². The van der Waals surface area contributed by atoms with E-state index in [2.05, 4.69) is 12.1 Å². The van der Waals surface area contributed by atoms with Gasteiger partial charge in [0.2, 0.25) is 0 Å². The number of aliphatic hydroxyl groups excluding tert-OH is 1.